The van der Waals surface area contributed by atoms with Crippen LogP contribution >= 0.6 is 0 Å². The van der Waals surface area contributed by atoms with E-state index in [0.29, 0.717) is 12.5 Å². The number of hydrogen-bond acceptors (Lipinski definition) is 5. The molecule has 0 spiro atoms. The van der Waals surface area contributed by atoms with Gasteiger partial charge in [-0.05, 0) is 87.3 Å². The summed E-state index contributed by atoms with van der Waals surface area (Å²) in [7, 11) is 0. The number of amides is 1. The molecule has 39 heavy (non-hydrogen) atoms. The number of benzene rings is 2. The van der Waals surface area contributed by atoms with Gasteiger partial charge in [-0.25, -0.2) is 4.79 Å². The third-order valence-corrected chi connectivity index (χ3v) is 7.09. The average molecular weight is 527 g/mol. The van der Waals surface area contributed by atoms with E-state index in [1.807, 2.05) is 39.1 Å². The van der Waals surface area contributed by atoms with E-state index in [2.05, 4.69) is 69.6 Å². The van der Waals surface area contributed by atoms with Crippen LogP contribution in [0, 0.1) is 11.8 Å². The Morgan fingerprint density at radius 1 is 0.949 bits per heavy atom. The molecule has 1 amide bonds. The molecule has 0 radical (unpaired) electrons. The number of carbonyl (C=O) groups is 1. The van der Waals surface area contributed by atoms with Crippen molar-refractivity contribution in [2.45, 2.75) is 59.5 Å². The molecule has 0 bridgehead atoms. The normalized spacial score (nSPS) is 19.8. The van der Waals surface area contributed by atoms with E-state index in [-0.39, 0.29) is 6.09 Å². The van der Waals surface area contributed by atoms with Crippen molar-refractivity contribution in [3.05, 3.63) is 66.0 Å². The Balaban J connectivity index is 0.000000168. The van der Waals surface area contributed by atoms with Crippen molar-refractivity contribution in [2.24, 2.45) is 16.8 Å². The van der Waals surface area contributed by atoms with Crippen LogP contribution in [-0.2, 0) is 4.74 Å². The fourth-order valence-corrected chi connectivity index (χ4v) is 4.95. The zero-order valence-electron chi connectivity index (χ0n) is 23.5. The first kappa shape index (κ1) is 26.7. The van der Waals surface area contributed by atoms with Gasteiger partial charge in [-0.1, -0.05) is 32.1 Å². The molecule has 4 heterocycles. The summed E-state index contributed by atoms with van der Waals surface area (Å²) in [4.78, 5) is 19.0. The van der Waals surface area contributed by atoms with Gasteiger partial charge in [-0.15, -0.1) is 0 Å². The molecule has 8 nitrogen and oxygen atoms in total. The number of carbonyl (C=O) groups excluding carboxylic acids is 1. The number of rotatable bonds is 2. The van der Waals surface area contributed by atoms with Gasteiger partial charge < -0.3 is 4.74 Å². The summed E-state index contributed by atoms with van der Waals surface area (Å²) in [6.45, 7) is 11.7. The smallest absolute Gasteiger partial charge is 0.414 e. The Morgan fingerprint density at radius 3 is 2.21 bits per heavy atom. The molecule has 2 aliphatic rings. The van der Waals surface area contributed by atoms with E-state index >= 15 is 0 Å². The molecule has 2 aliphatic heterocycles. The summed E-state index contributed by atoms with van der Waals surface area (Å²) in [5.74, 6) is 1.16. The Hall–Kier alpha value is -3.94. The van der Waals surface area contributed by atoms with Crippen molar-refractivity contribution < 1.29 is 9.53 Å². The molecular formula is C31H38N6O2. The third kappa shape index (κ3) is 6.38. The number of aliphatic imine (C=N–C) groups is 1. The van der Waals surface area contributed by atoms with Gasteiger partial charge in [0.1, 0.15) is 5.60 Å². The minimum absolute atomic E-state index is 0.289. The molecule has 0 aliphatic carbocycles. The second-order valence-electron chi connectivity index (χ2n) is 11.8. The lowest BCUT2D eigenvalue weighted by Crippen LogP contribution is -2.39. The lowest BCUT2D eigenvalue weighted by molar-refractivity contribution is 0.0327. The van der Waals surface area contributed by atoms with Crippen molar-refractivity contribution in [1.82, 2.24) is 25.3 Å². The Bertz CT molecular complexity index is 1520. The number of allylic oxidation sites excluding steroid dienone is 1. The molecule has 2 aromatic carbocycles. The second-order valence-corrected chi connectivity index (χ2v) is 11.8. The van der Waals surface area contributed by atoms with Crippen LogP contribution < -0.4 is 0 Å². The highest BCUT2D eigenvalue weighted by Gasteiger charge is 2.29. The predicted octanol–water partition coefficient (Wildman–Crippen LogP) is 6.96. The number of nitrogens with one attached hydrogen (secondary N) is 2. The van der Waals surface area contributed by atoms with Crippen LogP contribution in [0.5, 0.6) is 0 Å². The van der Waals surface area contributed by atoms with Crippen molar-refractivity contribution in [3.63, 3.8) is 0 Å². The Morgan fingerprint density at radius 2 is 1.59 bits per heavy atom. The van der Waals surface area contributed by atoms with Crippen LogP contribution in [0.4, 0.5) is 4.79 Å². The van der Waals surface area contributed by atoms with Crippen molar-refractivity contribution in [1.29, 1.82) is 0 Å². The lowest BCUT2D eigenvalue weighted by Gasteiger charge is -2.33. The summed E-state index contributed by atoms with van der Waals surface area (Å²) in [5.41, 5.74) is 6.01. The quantitative estimate of drug-likeness (QED) is 0.295. The summed E-state index contributed by atoms with van der Waals surface area (Å²) in [6.07, 6.45) is 8.81. The number of fused-ring (bicyclic) bond motifs is 2. The number of H-pyrrole nitrogens is 2. The Labute approximate surface area is 229 Å². The van der Waals surface area contributed by atoms with Crippen LogP contribution in [0.15, 0.2) is 59.9 Å². The maximum Gasteiger partial charge on any atom is 0.414 e. The largest absolute Gasteiger partial charge is 0.443 e. The molecular weight excluding hydrogens is 488 g/mol. The fourth-order valence-electron chi connectivity index (χ4n) is 4.95. The van der Waals surface area contributed by atoms with Crippen LogP contribution in [0.1, 0.15) is 65.0 Å². The van der Waals surface area contributed by atoms with Gasteiger partial charge in [0.25, 0.3) is 0 Å². The van der Waals surface area contributed by atoms with Crippen molar-refractivity contribution in [2.75, 3.05) is 13.1 Å². The first-order valence-electron chi connectivity index (χ1n) is 13.8. The molecule has 0 saturated heterocycles. The van der Waals surface area contributed by atoms with E-state index in [9.17, 15) is 4.79 Å². The number of ether oxygens (including phenoxy) is 1. The van der Waals surface area contributed by atoms with Crippen LogP contribution in [-0.4, -0.2) is 55.8 Å². The molecule has 2 aromatic heterocycles. The minimum Gasteiger partial charge on any atom is -0.443 e. The SMILES string of the molecule is C[C@H]1CC=C(c2ccc3[nH]ncc3c2)N(C(=O)OC(C)(C)C)C1.C[C@H]1CCC(c2ccc3[nH]ncc3c2)=NC1. The molecule has 0 saturated carbocycles. The monoisotopic (exact) mass is 526 g/mol. The maximum absolute atomic E-state index is 12.6. The van der Waals surface area contributed by atoms with E-state index in [0.717, 1.165) is 53.0 Å². The molecule has 6 rings (SSSR count). The number of hydrogen-bond donors (Lipinski definition) is 2. The maximum atomic E-state index is 12.6. The van der Waals surface area contributed by atoms with E-state index in [1.54, 1.807) is 11.1 Å². The summed E-state index contributed by atoms with van der Waals surface area (Å²) < 4.78 is 5.58. The van der Waals surface area contributed by atoms with Crippen molar-refractivity contribution in [3.8, 4) is 0 Å². The van der Waals surface area contributed by atoms with Gasteiger partial charge in [-0.3, -0.25) is 20.1 Å². The highest BCUT2D eigenvalue weighted by molar-refractivity contribution is 6.03. The molecule has 204 valence electrons. The topological polar surface area (TPSA) is 99.3 Å². The van der Waals surface area contributed by atoms with Gasteiger partial charge >= 0.3 is 6.09 Å². The zero-order chi connectivity index (χ0) is 27.6. The molecule has 0 unspecified atom stereocenters. The standard InChI is InChI=1S/C18H23N3O2.C13H15N3/c1-12-5-8-16(21(11-12)17(22)23-18(2,3)4)13-6-7-15-14(9-13)10-19-20-15;1-9-2-4-12(14-7-9)10-3-5-13-11(6-10)8-15-16-13/h6-10,12H,5,11H2,1-4H3,(H,19,20);3,5-6,8-9H,2,4,7H2,1H3,(H,15,16)/t12-;9-/m00/s1. The fraction of sp³-hybridized carbons (Fsp3) is 0.419. The summed E-state index contributed by atoms with van der Waals surface area (Å²) >= 11 is 0. The summed E-state index contributed by atoms with van der Waals surface area (Å²) in [6, 6.07) is 12.4. The summed E-state index contributed by atoms with van der Waals surface area (Å²) in [5, 5.41) is 16.2. The molecule has 4 aromatic rings. The van der Waals surface area contributed by atoms with Crippen LogP contribution in [0.25, 0.3) is 27.5 Å². The van der Waals surface area contributed by atoms with E-state index in [4.69, 9.17) is 4.74 Å². The van der Waals surface area contributed by atoms with Gasteiger partial charge in [0.2, 0.25) is 0 Å². The second kappa shape index (κ2) is 11.0. The highest BCUT2D eigenvalue weighted by Crippen LogP contribution is 2.30. The van der Waals surface area contributed by atoms with Crippen molar-refractivity contribution >= 4 is 39.3 Å². The van der Waals surface area contributed by atoms with Gasteiger partial charge in [0.15, 0.2) is 0 Å². The van der Waals surface area contributed by atoms with Crippen LogP contribution in [0.3, 0.4) is 0 Å². The van der Waals surface area contributed by atoms with Gasteiger partial charge in [-0.2, -0.15) is 10.2 Å². The zero-order valence-corrected chi connectivity index (χ0v) is 23.5. The lowest BCUT2D eigenvalue weighted by atomic mass is 9.95. The number of aromatic nitrogens is 4. The number of aromatic amines is 2. The predicted molar refractivity (Wildman–Crippen MR) is 157 cm³/mol. The first-order chi connectivity index (χ1) is 18.7. The van der Waals surface area contributed by atoms with Gasteiger partial charge in [0.05, 0.1) is 29.1 Å². The van der Waals surface area contributed by atoms with Crippen LogP contribution in [0.2, 0.25) is 0 Å². The molecule has 8 heteroatoms. The van der Waals surface area contributed by atoms with Gasteiger partial charge in [0, 0.05) is 29.6 Å². The number of nitrogens with zero attached hydrogens (tertiary/aromatic N) is 4. The molecule has 0 fully saturated rings. The molecule has 2 N–H and O–H groups in total. The highest BCUT2D eigenvalue weighted by atomic mass is 16.6. The van der Waals surface area contributed by atoms with E-state index < -0.39 is 5.60 Å². The average Bonchev–Trinajstić information content (AvgIpc) is 3.57. The Kier molecular flexibility index (Phi) is 7.55. The third-order valence-electron chi connectivity index (χ3n) is 7.09. The minimum atomic E-state index is -0.503. The molecule has 2 atom stereocenters. The first-order valence-corrected chi connectivity index (χ1v) is 13.8. The van der Waals surface area contributed by atoms with E-state index in [1.165, 1.54) is 23.1 Å².